The van der Waals surface area contributed by atoms with Gasteiger partial charge >= 0.3 is 0 Å². The van der Waals surface area contributed by atoms with Crippen LogP contribution in [0.3, 0.4) is 0 Å². The molecule has 2 rings (SSSR count). The average molecular weight is 520 g/mol. The minimum Gasteiger partial charge on any atom is -0.354 e. The minimum atomic E-state index is -3.76. The molecular weight excluding hydrogens is 481 g/mol. The molecule has 0 aliphatic heterocycles. The van der Waals surface area contributed by atoms with Gasteiger partial charge in [0.2, 0.25) is 21.8 Å². The lowest BCUT2D eigenvalue weighted by molar-refractivity contribution is -0.141. The number of carbonyl (C=O) groups excluding carboxylic acids is 2. The summed E-state index contributed by atoms with van der Waals surface area (Å²) in [7, 11) is -3.76. The van der Waals surface area contributed by atoms with Gasteiger partial charge in [-0.05, 0) is 48.9 Å². The van der Waals surface area contributed by atoms with Gasteiger partial charge in [-0.25, -0.2) is 12.8 Å². The Kier molecular flexibility index (Phi) is 10.9. The van der Waals surface area contributed by atoms with E-state index in [4.69, 9.17) is 0 Å². The van der Waals surface area contributed by atoms with Crippen molar-refractivity contribution in [1.82, 2.24) is 10.2 Å². The summed E-state index contributed by atoms with van der Waals surface area (Å²) in [5.41, 5.74) is 1.89. The quantitative estimate of drug-likeness (QED) is 0.428. The first-order valence-electron chi connectivity index (χ1n) is 12.3. The van der Waals surface area contributed by atoms with Crippen molar-refractivity contribution in [3.63, 3.8) is 0 Å². The first-order valence-corrected chi connectivity index (χ1v) is 14.1. The van der Waals surface area contributed by atoms with Gasteiger partial charge in [-0.3, -0.25) is 13.9 Å². The Morgan fingerprint density at radius 3 is 2.28 bits per heavy atom. The molecule has 36 heavy (non-hydrogen) atoms. The zero-order chi connectivity index (χ0) is 26.9. The summed E-state index contributed by atoms with van der Waals surface area (Å²) >= 11 is 0. The number of nitrogens with one attached hydrogen (secondary N) is 1. The Hall–Kier alpha value is -2.94. The number of nitrogens with zero attached hydrogens (tertiary/aromatic N) is 2. The normalized spacial score (nSPS) is 12.3. The lowest BCUT2D eigenvalue weighted by Crippen LogP contribution is -2.49. The van der Waals surface area contributed by atoms with Gasteiger partial charge in [0.1, 0.15) is 11.9 Å². The van der Waals surface area contributed by atoms with Gasteiger partial charge in [0.25, 0.3) is 0 Å². The number of hydrogen-bond donors (Lipinski definition) is 1. The van der Waals surface area contributed by atoms with Gasteiger partial charge < -0.3 is 10.2 Å². The third kappa shape index (κ3) is 8.33. The van der Waals surface area contributed by atoms with Gasteiger partial charge in [0.15, 0.2) is 0 Å². The average Bonchev–Trinajstić information content (AvgIpc) is 2.81. The fourth-order valence-electron chi connectivity index (χ4n) is 3.95. The number of rotatable bonds is 13. The van der Waals surface area contributed by atoms with E-state index >= 15 is 0 Å². The zero-order valence-corrected chi connectivity index (χ0v) is 22.6. The highest BCUT2D eigenvalue weighted by molar-refractivity contribution is 7.92. The second-order valence-electron chi connectivity index (χ2n) is 9.40. The Morgan fingerprint density at radius 1 is 1.06 bits per heavy atom. The van der Waals surface area contributed by atoms with E-state index in [-0.39, 0.29) is 49.4 Å². The maximum atomic E-state index is 14.3. The van der Waals surface area contributed by atoms with Gasteiger partial charge in [0, 0.05) is 26.1 Å². The molecule has 1 N–H and O–H groups in total. The molecule has 0 saturated heterocycles. The fourth-order valence-corrected chi connectivity index (χ4v) is 4.92. The van der Waals surface area contributed by atoms with Crippen molar-refractivity contribution < 1.29 is 22.4 Å². The second-order valence-corrected chi connectivity index (χ2v) is 11.3. The minimum absolute atomic E-state index is 0.0142. The van der Waals surface area contributed by atoms with Crippen LogP contribution >= 0.6 is 0 Å². The Labute approximate surface area is 214 Å². The monoisotopic (exact) mass is 519 g/mol. The Morgan fingerprint density at radius 2 is 1.69 bits per heavy atom. The largest absolute Gasteiger partial charge is 0.354 e. The summed E-state index contributed by atoms with van der Waals surface area (Å²) in [6.07, 6.45) is 1.64. The zero-order valence-electron chi connectivity index (χ0n) is 21.8. The number of benzene rings is 2. The molecule has 0 spiro atoms. The standard InChI is InChI=1S/C27H38FN3O4S/c1-6-24(27(33)29-18-20(2)3)30(19-22-13-8-7-12-21(22)4)26(32)16-11-17-31(36(5,34)35)25-15-10-9-14-23(25)28/h7-10,12-15,20,24H,6,11,16-19H2,1-5H3,(H,29,33). The van der Waals surface area contributed by atoms with Crippen LogP contribution in [0.25, 0.3) is 0 Å². The summed E-state index contributed by atoms with van der Waals surface area (Å²) < 4.78 is 40.0. The number of anilines is 1. The first-order chi connectivity index (χ1) is 17.0. The number of amides is 2. The van der Waals surface area contributed by atoms with E-state index in [9.17, 15) is 22.4 Å². The van der Waals surface area contributed by atoms with Crippen molar-refractivity contribution in [2.75, 3.05) is 23.7 Å². The molecule has 1 unspecified atom stereocenters. The smallest absolute Gasteiger partial charge is 0.242 e. The predicted molar refractivity (Wildman–Crippen MR) is 141 cm³/mol. The molecule has 2 aromatic carbocycles. The second kappa shape index (κ2) is 13.4. The van der Waals surface area contributed by atoms with Crippen LogP contribution in [0.4, 0.5) is 10.1 Å². The predicted octanol–water partition coefficient (Wildman–Crippen LogP) is 4.26. The molecule has 2 aromatic rings. The molecule has 0 aromatic heterocycles. The summed E-state index contributed by atoms with van der Waals surface area (Å²) in [5.74, 6) is -0.848. The molecule has 0 fully saturated rings. The Bertz CT molecular complexity index is 1140. The topological polar surface area (TPSA) is 86.8 Å². The van der Waals surface area contributed by atoms with Crippen LogP contribution < -0.4 is 9.62 Å². The van der Waals surface area contributed by atoms with E-state index < -0.39 is 21.9 Å². The van der Waals surface area contributed by atoms with Crippen LogP contribution in [0.5, 0.6) is 0 Å². The van der Waals surface area contributed by atoms with E-state index in [0.717, 1.165) is 21.7 Å². The van der Waals surface area contributed by atoms with Crippen molar-refractivity contribution in [3.8, 4) is 0 Å². The number of sulfonamides is 1. The van der Waals surface area contributed by atoms with Crippen LogP contribution in [0.15, 0.2) is 48.5 Å². The van der Waals surface area contributed by atoms with Crippen LogP contribution in [0.2, 0.25) is 0 Å². The van der Waals surface area contributed by atoms with E-state index in [0.29, 0.717) is 13.0 Å². The molecular formula is C27H38FN3O4S. The van der Waals surface area contributed by atoms with Crippen molar-refractivity contribution in [2.45, 2.75) is 59.5 Å². The highest BCUT2D eigenvalue weighted by Gasteiger charge is 2.29. The van der Waals surface area contributed by atoms with Crippen molar-refractivity contribution in [2.24, 2.45) is 5.92 Å². The van der Waals surface area contributed by atoms with E-state index in [2.05, 4.69) is 5.32 Å². The molecule has 7 nitrogen and oxygen atoms in total. The maximum absolute atomic E-state index is 14.3. The molecule has 0 bridgehead atoms. The third-order valence-electron chi connectivity index (χ3n) is 5.95. The van der Waals surface area contributed by atoms with Crippen LogP contribution in [-0.4, -0.2) is 50.5 Å². The van der Waals surface area contributed by atoms with Crippen LogP contribution in [-0.2, 0) is 26.2 Å². The lowest BCUT2D eigenvalue weighted by atomic mass is 10.0. The SMILES string of the molecule is CCC(C(=O)NCC(C)C)N(Cc1ccccc1C)C(=O)CCCN(c1ccccc1F)S(C)(=O)=O. The van der Waals surface area contributed by atoms with E-state index in [1.165, 1.54) is 18.2 Å². The molecule has 198 valence electrons. The van der Waals surface area contributed by atoms with E-state index in [1.54, 1.807) is 11.0 Å². The molecule has 0 saturated carbocycles. The maximum Gasteiger partial charge on any atom is 0.242 e. The van der Waals surface area contributed by atoms with Crippen molar-refractivity contribution in [3.05, 3.63) is 65.5 Å². The van der Waals surface area contributed by atoms with Gasteiger partial charge in [-0.2, -0.15) is 0 Å². The first kappa shape index (κ1) is 29.3. The highest BCUT2D eigenvalue weighted by Crippen LogP contribution is 2.23. The summed E-state index contributed by atoms with van der Waals surface area (Å²) in [5, 5.41) is 2.93. The fraction of sp³-hybridized carbons (Fsp3) is 0.481. The molecule has 0 aliphatic carbocycles. The number of aryl methyl sites for hydroxylation is 1. The molecule has 2 amide bonds. The lowest BCUT2D eigenvalue weighted by Gasteiger charge is -2.31. The summed E-state index contributed by atoms with van der Waals surface area (Å²) in [4.78, 5) is 28.0. The molecule has 1 atom stereocenters. The number of hydrogen-bond acceptors (Lipinski definition) is 4. The Balaban J connectivity index is 2.23. The summed E-state index contributed by atoms with van der Waals surface area (Å²) in [6.45, 7) is 8.54. The molecule has 0 aliphatic rings. The van der Waals surface area contributed by atoms with Gasteiger partial charge in [-0.1, -0.05) is 57.2 Å². The molecule has 0 heterocycles. The third-order valence-corrected chi connectivity index (χ3v) is 7.13. The number of carbonyl (C=O) groups is 2. The molecule has 9 heteroatoms. The van der Waals surface area contributed by atoms with Crippen LogP contribution in [0, 0.1) is 18.7 Å². The van der Waals surface area contributed by atoms with Crippen LogP contribution in [0.1, 0.15) is 51.2 Å². The number of para-hydroxylation sites is 1. The van der Waals surface area contributed by atoms with E-state index in [1.807, 2.05) is 52.0 Å². The van der Waals surface area contributed by atoms with Crippen molar-refractivity contribution in [1.29, 1.82) is 0 Å². The molecule has 0 radical (unpaired) electrons. The van der Waals surface area contributed by atoms with Crippen molar-refractivity contribution >= 4 is 27.5 Å². The number of halogens is 1. The highest BCUT2D eigenvalue weighted by atomic mass is 32.2. The van der Waals surface area contributed by atoms with Gasteiger partial charge in [0.05, 0.1) is 11.9 Å². The van der Waals surface area contributed by atoms with Gasteiger partial charge in [-0.15, -0.1) is 0 Å². The summed E-state index contributed by atoms with van der Waals surface area (Å²) in [6, 6.07) is 12.7.